The molecule has 0 radical (unpaired) electrons. The highest BCUT2D eigenvalue weighted by atomic mass is 16.5. The Balaban J connectivity index is 1.64. The number of esters is 1. The summed E-state index contributed by atoms with van der Waals surface area (Å²) in [6, 6.07) is 15.1. The van der Waals surface area contributed by atoms with Gasteiger partial charge in [-0.25, -0.2) is 0 Å². The van der Waals surface area contributed by atoms with Gasteiger partial charge in [-0.2, -0.15) is 0 Å². The molecule has 28 heavy (non-hydrogen) atoms. The molecule has 146 valence electrons. The molecule has 2 N–H and O–H groups in total. The summed E-state index contributed by atoms with van der Waals surface area (Å²) in [4.78, 5) is 35.3. The van der Waals surface area contributed by atoms with E-state index in [2.05, 4.69) is 10.6 Å². The van der Waals surface area contributed by atoms with Crippen molar-refractivity contribution in [3.63, 3.8) is 0 Å². The molecule has 2 aromatic carbocycles. The number of benzene rings is 2. The lowest BCUT2D eigenvalue weighted by atomic mass is 10.1. The van der Waals surface area contributed by atoms with Gasteiger partial charge in [0.25, 0.3) is 5.91 Å². The van der Waals surface area contributed by atoms with Crippen molar-refractivity contribution in [3.8, 4) is 0 Å². The van der Waals surface area contributed by atoms with Crippen molar-refractivity contribution >= 4 is 29.5 Å². The van der Waals surface area contributed by atoms with E-state index in [0.29, 0.717) is 5.69 Å². The third-order valence-corrected chi connectivity index (χ3v) is 3.88. The molecule has 0 saturated heterocycles. The van der Waals surface area contributed by atoms with Gasteiger partial charge in [-0.3, -0.25) is 14.4 Å². The molecule has 6 heteroatoms. The van der Waals surface area contributed by atoms with Gasteiger partial charge >= 0.3 is 5.97 Å². The number of carbonyl (C=O) groups is 3. The lowest BCUT2D eigenvalue weighted by molar-refractivity contribution is -0.147. The summed E-state index contributed by atoms with van der Waals surface area (Å²) >= 11 is 0. The van der Waals surface area contributed by atoms with Crippen molar-refractivity contribution in [3.05, 3.63) is 71.3 Å². The lowest BCUT2D eigenvalue weighted by Crippen LogP contribution is -2.26. The van der Waals surface area contributed by atoms with Crippen LogP contribution in [0.25, 0.3) is 6.08 Å². The van der Waals surface area contributed by atoms with Crippen LogP contribution in [0, 0.1) is 13.8 Å². The Morgan fingerprint density at radius 1 is 1.04 bits per heavy atom. The highest BCUT2D eigenvalue weighted by Crippen LogP contribution is 2.15. The van der Waals surface area contributed by atoms with Crippen molar-refractivity contribution in [1.82, 2.24) is 5.32 Å². The van der Waals surface area contributed by atoms with Gasteiger partial charge in [0.1, 0.15) is 0 Å². The predicted octanol–water partition coefficient (Wildman–Crippen LogP) is 3.00. The van der Waals surface area contributed by atoms with Crippen LogP contribution in [0.2, 0.25) is 0 Å². The van der Waals surface area contributed by atoms with Gasteiger partial charge in [0, 0.05) is 18.3 Å². The molecule has 0 fully saturated rings. The van der Waals surface area contributed by atoms with Gasteiger partial charge in [0.2, 0.25) is 5.91 Å². The summed E-state index contributed by atoms with van der Waals surface area (Å²) in [6.45, 7) is 3.63. The van der Waals surface area contributed by atoms with E-state index >= 15 is 0 Å². The van der Waals surface area contributed by atoms with Crippen LogP contribution in [0.4, 0.5) is 5.69 Å². The monoisotopic (exact) mass is 380 g/mol. The SMILES string of the molecule is Cc1ccc(NC(=O)COC(=O)CCNC(=O)/C=C/c2ccccc2)c(C)c1. The van der Waals surface area contributed by atoms with Crippen LogP contribution in [0.5, 0.6) is 0 Å². The van der Waals surface area contributed by atoms with Crippen LogP contribution in [-0.4, -0.2) is 30.9 Å². The van der Waals surface area contributed by atoms with E-state index in [1.54, 1.807) is 6.08 Å². The summed E-state index contributed by atoms with van der Waals surface area (Å²) in [6.07, 6.45) is 3.07. The number of hydrogen-bond acceptors (Lipinski definition) is 4. The quantitative estimate of drug-likeness (QED) is 0.545. The Hall–Kier alpha value is -3.41. The van der Waals surface area contributed by atoms with Gasteiger partial charge in [0.15, 0.2) is 6.61 Å². The number of carbonyl (C=O) groups excluding carboxylic acids is 3. The number of hydrogen-bond donors (Lipinski definition) is 2. The Bertz CT molecular complexity index is 860. The van der Waals surface area contributed by atoms with Crippen LogP contribution in [0.3, 0.4) is 0 Å². The Kier molecular flexibility index (Phi) is 7.96. The Morgan fingerprint density at radius 3 is 2.50 bits per heavy atom. The molecule has 0 bridgehead atoms. The van der Waals surface area contributed by atoms with E-state index in [1.165, 1.54) is 6.08 Å². The van der Waals surface area contributed by atoms with Crippen molar-refractivity contribution in [1.29, 1.82) is 0 Å². The van der Waals surface area contributed by atoms with Crippen LogP contribution in [-0.2, 0) is 19.1 Å². The number of nitrogens with one attached hydrogen (secondary N) is 2. The second-order valence-corrected chi connectivity index (χ2v) is 6.31. The normalized spacial score (nSPS) is 10.5. The van der Waals surface area contributed by atoms with Crippen LogP contribution in [0.1, 0.15) is 23.1 Å². The fraction of sp³-hybridized carbons (Fsp3) is 0.227. The summed E-state index contributed by atoms with van der Waals surface area (Å²) in [5.74, 6) is -1.26. The highest BCUT2D eigenvalue weighted by Gasteiger charge is 2.09. The van der Waals surface area contributed by atoms with Gasteiger partial charge in [-0.1, -0.05) is 48.0 Å². The Labute approximate surface area is 164 Å². The third-order valence-electron chi connectivity index (χ3n) is 3.88. The number of anilines is 1. The minimum absolute atomic E-state index is 0.0121. The lowest BCUT2D eigenvalue weighted by Gasteiger charge is -2.09. The van der Waals surface area contributed by atoms with Crippen LogP contribution < -0.4 is 10.6 Å². The first-order chi connectivity index (χ1) is 13.4. The van der Waals surface area contributed by atoms with Crippen molar-refractivity contribution in [2.45, 2.75) is 20.3 Å². The van der Waals surface area contributed by atoms with Crippen molar-refractivity contribution in [2.75, 3.05) is 18.5 Å². The Morgan fingerprint density at radius 2 is 1.79 bits per heavy atom. The summed E-state index contributed by atoms with van der Waals surface area (Å²) in [5, 5.41) is 5.30. The number of amides is 2. The minimum Gasteiger partial charge on any atom is -0.456 e. The minimum atomic E-state index is -0.553. The van der Waals surface area contributed by atoms with Crippen molar-refractivity contribution in [2.24, 2.45) is 0 Å². The zero-order valence-electron chi connectivity index (χ0n) is 16.0. The molecule has 0 aliphatic heterocycles. The molecule has 0 unspecified atom stereocenters. The second-order valence-electron chi connectivity index (χ2n) is 6.31. The van der Waals surface area contributed by atoms with E-state index in [4.69, 9.17) is 4.74 Å². The average Bonchev–Trinajstić information content (AvgIpc) is 2.68. The molecule has 0 aromatic heterocycles. The first-order valence-electron chi connectivity index (χ1n) is 8.98. The number of ether oxygens (including phenoxy) is 1. The first kappa shape index (κ1) is 20.9. The molecule has 0 aliphatic carbocycles. The average molecular weight is 380 g/mol. The van der Waals surface area contributed by atoms with Gasteiger partial charge < -0.3 is 15.4 Å². The zero-order valence-corrected chi connectivity index (χ0v) is 16.0. The van der Waals surface area contributed by atoms with Gasteiger partial charge in [-0.05, 0) is 37.1 Å². The van der Waals surface area contributed by atoms with E-state index in [9.17, 15) is 14.4 Å². The van der Waals surface area contributed by atoms with Gasteiger partial charge in [-0.15, -0.1) is 0 Å². The maximum atomic E-state index is 11.9. The summed E-state index contributed by atoms with van der Waals surface area (Å²) in [5.41, 5.74) is 3.63. The molecule has 2 rings (SSSR count). The number of rotatable bonds is 8. The topological polar surface area (TPSA) is 84.5 Å². The molecule has 0 saturated carbocycles. The van der Waals surface area contributed by atoms with Crippen molar-refractivity contribution < 1.29 is 19.1 Å². The molecule has 0 atom stereocenters. The second kappa shape index (κ2) is 10.7. The molecular weight excluding hydrogens is 356 g/mol. The first-order valence-corrected chi connectivity index (χ1v) is 8.98. The molecule has 0 aliphatic rings. The molecular formula is C22H24N2O4. The standard InChI is InChI=1S/C22H24N2O4/c1-16-8-10-19(17(2)14-16)24-21(26)15-28-22(27)12-13-23-20(25)11-9-18-6-4-3-5-7-18/h3-11,14H,12-13,15H2,1-2H3,(H,23,25)(H,24,26)/b11-9+. The fourth-order valence-corrected chi connectivity index (χ4v) is 2.44. The molecule has 0 heterocycles. The third kappa shape index (κ3) is 7.45. The van der Waals surface area contributed by atoms with Crippen LogP contribution >= 0.6 is 0 Å². The zero-order chi connectivity index (χ0) is 20.4. The molecule has 2 amide bonds. The molecule has 0 spiro atoms. The van der Waals surface area contributed by atoms with E-state index in [0.717, 1.165) is 16.7 Å². The maximum Gasteiger partial charge on any atom is 0.308 e. The van der Waals surface area contributed by atoms with E-state index in [-0.39, 0.29) is 25.5 Å². The summed E-state index contributed by atoms with van der Waals surface area (Å²) < 4.78 is 4.93. The number of aryl methyl sites for hydroxylation is 2. The van der Waals surface area contributed by atoms with E-state index in [1.807, 2.05) is 62.4 Å². The largest absolute Gasteiger partial charge is 0.456 e. The van der Waals surface area contributed by atoms with E-state index < -0.39 is 11.9 Å². The summed E-state index contributed by atoms with van der Waals surface area (Å²) in [7, 11) is 0. The van der Waals surface area contributed by atoms with Gasteiger partial charge in [0.05, 0.1) is 6.42 Å². The highest BCUT2D eigenvalue weighted by molar-refractivity contribution is 5.94. The fourth-order valence-electron chi connectivity index (χ4n) is 2.44. The predicted molar refractivity (Wildman–Crippen MR) is 109 cm³/mol. The molecule has 6 nitrogen and oxygen atoms in total. The maximum absolute atomic E-state index is 11.9. The molecule has 2 aromatic rings. The smallest absolute Gasteiger partial charge is 0.308 e. The van der Waals surface area contributed by atoms with Crippen LogP contribution in [0.15, 0.2) is 54.6 Å².